The second-order valence-electron chi connectivity index (χ2n) is 4.87. The van der Waals surface area contributed by atoms with E-state index in [0.29, 0.717) is 25.4 Å². The molecule has 1 N–H and O–H groups in total. The molecule has 0 radical (unpaired) electrons. The summed E-state index contributed by atoms with van der Waals surface area (Å²) in [6, 6.07) is 0.550. The van der Waals surface area contributed by atoms with Crippen molar-refractivity contribution in [1.82, 2.24) is 15.1 Å². The van der Waals surface area contributed by atoms with E-state index in [1.807, 2.05) is 7.05 Å². The Morgan fingerprint density at radius 3 is 2.59 bits per heavy atom. The van der Waals surface area contributed by atoms with Gasteiger partial charge in [-0.25, -0.2) is 0 Å². The third-order valence-corrected chi connectivity index (χ3v) is 3.71. The van der Waals surface area contributed by atoms with Gasteiger partial charge in [0.05, 0.1) is 0 Å². The first-order valence-electron chi connectivity index (χ1n) is 6.43. The number of hydrogen-bond acceptors (Lipinski definition) is 4. The predicted molar refractivity (Wildman–Crippen MR) is 64.5 cm³/mol. The fraction of sp³-hybridized carbons (Fsp3) is 0.833. The first-order chi connectivity index (χ1) is 8.20. The van der Waals surface area contributed by atoms with Crippen LogP contribution in [0.25, 0.3) is 0 Å². The van der Waals surface area contributed by atoms with Crippen LogP contribution in [0, 0.1) is 0 Å². The lowest BCUT2D eigenvalue weighted by atomic mass is 10.1. The van der Waals surface area contributed by atoms with Crippen LogP contribution < -0.4 is 5.32 Å². The molecule has 0 aromatic carbocycles. The van der Waals surface area contributed by atoms with Gasteiger partial charge in [0.2, 0.25) is 11.8 Å². The molecule has 17 heavy (non-hydrogen) atoms. The summed E-state index contributed by atoms with van der Waals surface area (Å²) in [5.74, 6) is -0.00523. The standard InChI is InChI=1S/C12H21N3O2/c1-13-10-3-2-6-14(9-10)7-8-15-11(16)4-5-12(15)17/h10,13H,2-9H2,1H3. The highest BCUT2D eigenvalue weighted by Crippen LogP contribution is 2.13. The van der Waals surface area contributed by atoms with Crippen LogP contribution >= 0.6 is 0 Å². The molecule has 0 spiro atoms. The average molecular weight is 239 g/mol. The Bertz CT molecular complexity index is 290. The third-order valence-electron chi connectivity index (χ3n) is 3.71. The molecule has 2 fully saturated rings. The van der Waals surface area contributed by atoms with E-state index in [4.69, 9.17) is 0 Å². The summed E-state index contributed by atoms with van der Waals surface area (Å²) in [6.07, 6.45) is 3.21. The molecule has 1 unspecified atom stereocenters. The molecule has 1 atom stereocenters. The van der Waals surface area contributed by atoms with Gasteiger partial charge in [0.1, 0.15) is 0 Å². The normalized spacial score (nSPS) is 26.9. The van der Waals surface area contributed by atoms with Crippen LogP contribution in [-0.2, 0) is 9.59 Å². The van der Waals surface area contributed by atoms with Crippen molar-refractivity contribution in [2.24, 2.45) is 0 Å². The number of likely N-dealkylation sites (tertiary alicyclic amines) is 2. The zero-order valence-electron chi connectivity index (χ0n) is 10.4. The summed E-state index contributed by atoms with van der Waals surface area (Å²) < 4.78 is 0. The number of amides is 2. The number of nitrogens with one attached hydrogen (secondary N) is 1. The molecule has 0 saturated carbocycles. The molecule has 2 amide bonds. The molecule has 0 aromatic rings. The Labute approximate surface area is 102 Å². The van der Waals surface area contributed by atoms with E-state index in [-0.39, 0.29) is 11.8 Å². The van der Waals surface area contributed by atoms with Crippen LogP contribution in [0.15, 0.2) is 0 Å². The fourth-order valence-corrected chi connectivity index (χ4v) is 2.61. The molecule has 0 bridgehead atoms. The summed E-state index contributed by atoms with van der Waals surface area (Å²) in [5.41, 5.74) is 0. The van der Waals surface area contributed by atoms with E-state index < -0.39 is 0 Å². The lowest BCUT2D eigenvalue weighted by Crippen LogP contribution is -2.47. The maximum Gasteiger partial charge on any atom is 0.229 e. The number of rotatable bonds is 4. The highest BCUT2D eigenvalue weighted by atomic mass is 16.2. The zero-order valence-corrected chi connectivity index (χ0v) is 10.4. The summed E-state index contributed by atoms with van der Waals surface area (Å²) in [7, 11) is 1.99. The minimum absolute atomic E-state index is 0.00261. The first-order valence-corrected chi connectivity index (χ1v) is 6.43. The third kappa shape index (κ3) is 3.04. The zero-order chi connectivity index (χ0) is 12.3. The maximum atomic E-state index is 11.5. The molecule has 2 aliphatic rings. The number of likely N-dealkylation sites (N-methyl/N-ethyl adjacent to an activating group) is 1. The minimum Gasteiger partial charge on any atom is -0.316 e. The lowest BCUT2D eigenvalue weighted by Gasteiger charge is -2.33. The van der Waals surface area contributed by atoms with Crippen LogP contribution in [0.5, 0.6) is 0 Å². The molecular weight excluding hydrogens is 218 g/mol. The van der Waals surface area contributed by atoms with E-state index in [9.17, 15) is 9.59 Å². The second kappa shape index (κ2) is 5.60. The molecule has 0 aliphatic carbocycles. The maximum absolute atomic E-state index is 11.5. The Kier molecular flexibility index (Phi) is 4.12. The van der Waals surface area contributed by atoms with E-state index in [1.54, 1.807) is 0 Å². The fourth-order valence-electron chi connectivity index (χ4n) is 2.61. The topological polar surface area (TPSA) is 52.6 Å². The van der Waals surface area contributed by atoms with Gasteiger partial charge in [-0.05, 0) is 26.4 Å². The molecular formula is C12H21N3O2. The van der Waals surface area contributed by atoms with Crippen LogP contribution in [-0.4, -0.2) is 60.9 Å². The van der Waals surface area contributed by atoms with Crippen molar-refractivity contribution in [3.8, 4) is 0 Å². The van der Waals surface area contributed by atoms with Gasteiger partial charge in [0.15, 0.2) is 0 Å². The molecule has 0 aromatic heterocycles. The van der Waals surface area contributed by atoms with Gasteiger partial charge in [-0.1, -0.05) is 0 Å². The van der Waals surface area contributed by atoms with Gasteiger partial charge in [-0.3, -0.25) is 14.5 Å². The van der Waals surface area contributed by atoms with Crippen LogP contribution in [0.1, 0.15) is 25.7 Å². The average Bonchev–Trinajstić information content (AvgIpc) is 2.67. The van der Waals surface area contributed by atoms with E-state index in [2.05, 4.69) is 10.2 Å². The number of piperidine rings is 1. The minimum atomic E-state index is -0.00261. The summed E-state index contributed by atoms with van der Waals surface area (Å²) >= 11 is 0. The second-order valence-corrected chi connectivity index (χ2v) is 4.87. The molecule has 2 rings (SSSR count). The number of imide groups is 1. The smallest absolute Gasteiger partial charge is 0.229 e. The van der Waals surface area contributed by atoms with Crippen molar-refractivity contribution in [3.63, 3.8) is 0 Å². The van der Waals surface area contributed by atoms with Crippen LogP contribution in [0.3, 0.4) is 0 Å². The molecule has 96 valence electrons. The summed E-state index contributed by atoms with van der Waals surface area (Å²) in [5, 5.41) is 3.29. The lowest BCUT2D eigenvalue weighted by molar-refractivity contribution is -0.138. The monoisotopic (exact) mass is 239 g/mol. The molecule has 2 aliphatic heterocycles. The Morgan fingerprint density at radius 1 is 1.24 bits per heavy atom. The van der Waals surface area contributed by atoms with Crippen molar-refractivity contribution in [1.29, 1.82) is 0 Å². The van der Waals surface area contributed by atoms with E-state index >= 15 is 0 Å². The SMILES string of the molecule is CNC1CCCN(CCN2C(=O)CCC2=O)C1. The number of carbonyl (C=O) groups is 2. The van der Waals surface area contributed by atoms with Crippen molar-refractivity contribution < 1.29 is 9.59 Å². The molecule has 5 heteroatoms. The van der Waals surface area contributed by atoms with Gasteiger partial charge in [0.25, 0.3) is 0 Å². The van der Waals surface area contributed by atoms with E-state index in [0.717, 1.165) is 19.6 Å². The summed E-state index contributed by atoms with van der Waals surface area (Å²) in [6.45, 7) is 3.48. The highest BCUT2D eigenvalue weighted by Gasteiger charge is 2.29. The quantitative estimate of drug-likeness (QED) is 0.691. The van der Waals surface area contributed by atoms with Crippen molar-refractivity contribution >= 4 is 11.8 Å². The van der Waals surface area contributed by atoms with Gasteiger partial charge in [0, 0.05) is 38.5 Å². The highest BCUT2D eigenvalue weighted by molar-refractivity contribution is 6.01. The molecule has 2 heterocycles. The van der Waals surface area contributed by atoms with Crippen molar-refractivity contribution in [3.05, 3.63) is 0 Å². The van der Waals surface area contributed by atoms with Crippen LogP contribution in [0.4, 0.5) is 0 Å². The van der Waals surface area contributed by atoms with Crippen molar-refractivity contribution in [2.45, 2.75) is 31.7 Å². The molecule has 5 nitrogen and oxygen atoms in total. The van der Waals surface area contributed by atoms with Gasteiger partial charge in [-0.2, -0.15) is 0 Å². The number of hydrogen-bond donors (Lipinski definition) is 1. The van der Waals surface area contributed by atoms with E-state index in [1.165, 1.54) is 17.7 Å². The first kappa shape index (κ1) is 12.5. The number of carbonyl (C=O) groups excluding carboxylic acids is 2. The summed E-state index contributed by atoms with van der Waals surface area (Å²) in [4.78, 5) is 26.7. The molecule has 2 saturated heterocycles. The van der Waals surface area contributed by atoms with Gasteiger partial charge >= 0.3 is 0 Å². The Balaban J connectivity index is 1.77. The van der Waals surface area contributed by atoms with Crippen LogP contribution in [0.2, 0.25) is 0 Å². The van der Waals surface area contributed by atoms with Gasteiger partial charge in [-0.15, -0.1) is 0 Å². The Hall–Kier alpha value is -0.940. The largest absolute Gasteiger partial charge is 0.316 e. The Morgan fingerprint density at radius 2 is 1.94 bits per heavy atom. The van der Waals surface area contributed by atoms with Crippen molar-refractivity contribution in [2.75, 3.05) is 33.2 Å². The van der Waals surface area contributed by atoms with Gasteiger partial charge < -0.3 is 10.2 Å². The number of nitrogens with zero attached hydrogens (tertiary/aromatic N) is 2. The predicted octanol–water partition coefficient (Wildman–Crippen LogP) is -0.181.